The molecule has 10 heteroatoms. The lowest BCUT2D eigenvalue weighted by Crippen LogP contribution is -2.31. The fourth-order valence-corrected chi connectivity index (χ4v) is 4.80. The number of halogens is 1. The second kappa shape index (κ2) is 8.58. The molecular weight excluding hydrogens is 417 g/mol. The number of sulfonamides is 1. The first kappa shape index (κ1) is 20.7. The van der Waals surface area contributed by atoms with Gasteiger partial charge in [-0.1, -0.05) is 12.1 Å². The average Bonchev–Trinajstić information content (AvgIpc) is 3.26. The molecule has 0 fully saturated rings. The monoisotopic (exact) mass is 435 g/mol. The van der Waals surface area contributed by atoms with Gasteiger partial charge >= 0.3 is 0 Å². The number of ether oxygens (including phenoxy) is 1. The Balaban J connectivity index is 2.08. The van der Waals surface area contributed by atoms with Crippen LogP contribution in [0.2, 0.25) is 0 Å². The largest absolute Gasteiger partial charge is 0.497 e. The summed E-state index contributed by atoms with van der Waals surface area (Å²) in [4.78, 5) is 14.8. The number of hydrogen-bond donors (Lipinski definition) is 1. The number of rotatable bonds is 8. The maximum atomic E-state index is 14.7. The summed E-state index contributed by atoms with van der Waals surface area (Å²) in [7, 11) is -1.30. The zero-order valence-corrected chi connectivity index (χ0v) is 17.3. The summed E-state index contributed by atoms with van der Waals surface area (Å²) in [5.74, 6) is -0.174. The molecule has 0 aliphatic carbocycles. The molecule has 0 aliphatic rings. The Hall–Kier alpha value is -2.98. The van der Waals surface area contributed by atoms with Gasteiger partial charge in [0, 0.05) is 23.7 Å². The van der Waals surface area contributed by atoms with E-state index < -0.39 is 20.7 Å². The first-order valence-electron chi connectivity index (χ1n) is 8.41. The summed E-state index contributed by atoms with van der Waals surface area (Å²) < 4.78 is 47.5. The van der Waals surface area contributed by atoms with Gasteiger partial charge < -0.3 is 10.1 Å². The number of anilines is 2. The fraction of sp³-hybridized carbons (Fsp3) is 0.158. The second-order valence-corrected chi connectivity index (χ2v) is 8.49. The van der Waals surface area contributed by atoms with Crippen LogP contribution in [-0.4, -0.2) is 33.8 Å². The van der Waals surface area contributed by atoms with Gasteiger partial charge in [0.15, 0.2) is 12.1 Å². The highest BCUT2D eigenvalue weighted by molar-refractivity contribution is 7.92. The summed E-state index contributed by atoms with van der Waals surface area (Å²) >= 11 is 1.22. The molecule has 3 aromatic rings. The molecule has 2 aromatic carbocycles. The minimum Gasteiger partial charge on any atom is -0.497 e. The van der Waals surface area contributed by atoms with E-state index in [2.05, 4.69) is 10.3 Å². The van der Waals surface area contributed by atoms with E-state index in [-0.39, 0.29) is 23.6 Å². The molecule has 7 nitrogen and oxygen atoms in total. The van der Waals surface area contributed by atoms with Crippen LogP contribution in [-0.2, 0) is 16.6 Å². The minimum atomic E-state index is -4.34. The Morgan fingerprint density at radius 3 is 2.55 bits per heavy atom. The molecule has 1 aromatic heterocycles. The van der Waals surface area contributed by atoms with Gasteiger partial charge in [0.25, 0.3) is 10.0 Å². The highest BCUT2D eigenvalue weighted by Gasteiger charge is 2.30. The molecule has 29 heavy (non-hydrogen) atoms. The summed E-state index contributed by atoms with van der Waals surface area (Å²) in [6.07, 6.45) is 0.473. The number of nitrogens with one attached hydrogen (secondary N) is 1. The van der Waals surface area contributed by atoms with Crippen molar-refractivity contribution in [1.82, 2.24) is 4.98 Å². The van der Waals surface area contributed by atoms with Crippen LogP contribution in [0, 0.1) is 5.82 Å². The molecule has 3 rings (SSSR count). The summed E-state index contributed by atoms with van der Waals surface area (Å²) in [5.41, 5.74) is 2.38. The third kappa shape index (κ3) is 4.22. The van der Waals surface area contributed by atoms with E-state index in [1.807, 2.05) is 0 Å². The van der Waals surface area contributed by atoms with Crippen molar-refractivity contribution in [2.75, 3.05) is 23.8 Å². The standard InChI is InChI=1S/C19H18FN3O4S2/c1-21-17-8-16(20)18(7-14(17)10-24)29(25,26)23(19-11-28-12-22-19)9-13-3-5-15(27-2)6-4-13/h3-8,10-12,21H,9H2,1-2H3. The first-order chi connectivity index (χ1) is 13.9. The number of nitrogens with zero attached hydrogens (tertiary/aromatic N) is 2. The molecule has 1 N–H and O–H groups in total. The van der Waals surface area contributed by atoms with E-state index >= 15 is 0 Å². The van der Waals surface area contributed by atoms with Gasteiger partial charge in [0.05, 0.1) is 19.2 Å². The second-order valence-electron chi connectivity index (χ2n) is 5.94. The van der Waals surface area contributed by atoms with Crippen LogP contribution in [0.3, 0.4) is 0 Å². The van der Waals surface area contributed by atoms with Crippen molar-refractivity contribution >= 4 is 39.2 Å². The van der Waals surface area contributed by atoms with Crippen molar-refractivity contribution in [2.24, 2.45) is 0 Å². The third-order valence-electron chi connectivity index (χ3n) is 4.23. The number of thiazole rings is 1. The predicted octanol–water partition coefficient (Wildman–Crippen LogP) is 3.54. The number of benzene rings is 2. The molecule has 152 valence electrons. The van der Waals surface area contributed by atoms with E-state index in [1.54, 1.807) is 29.6 Å². The molecule has 0 amide bonds. The van der Waals surface area contributed by atoms with E-state index in [0.29, 0.717) is 17.6 Å². The molecule has 0 aliphatic heterocycles. The van der Waals surface area contributed by atoms with Crippen molar-refractivity contribution in [3.8, 4) is 5.75 Å². The topological polar surface area (TPSA) is 88.6 Å². The van der Waals surface area contributed by atoms with Gasteiger partial charge in [-0.2, -0.15) is 0 Å². The molecule has 0 unspecified atom stereocenters. The molecule has 0 saturated carbocycles. The Morgan fingerprint density at radius 2 is 2.00 bits per heavy atom. The van der Waals surface area contributed by atoms with Gasteiger partial charge in [0.2, 0.25) is 0 Å². The number of methoxy groups -OCH3 is 1. The number of carbonyl (C=O) groups is 1. The smallest absolute Gasteiger partial charge is 0.268 e. The molecule has 0 bridgehead atoms. The Morgan fingerprint density at radius 1 is 1.28 bits per heavy atom. The molecule has 0 atom stereocenters. The van der Waals surface area contributed by atoms with E-state index in [9.17, 15) is 17.6 Å². The van der Waals surface area contributed by atoms with Crippen molar-refractivity contribution in [2.45, 2.75) is 11.4 Å². The molecule has 0 saturated heterocycles. The summed E-state index contributed by atoms with van der Waals surface area (Å²) in [6.45, 7) is -0.0697. The van der Waals surface area contributed by atoms with Crippen LogP contribution in [0.1, 0.15) is 15.9 Å². The van der Waals surface area contributed by atoms with Crippen LogP contribution in [0.15, 0.2) is 52.2 Å². The number of aldehydes is 1. The molecular formula is C19H18FN3O4S2. The van der Waals surface area contributed by atoms with Gasteiger partial charge in [-0.3, -0.25) is 4.79 Å². The van der Waals surface area contributed by atoms with Crippen molar-refractivity contribution in [3.05, 3.63) is 64.2 Å². The van der Waals surface area contributed by atoms with Crippen molar-refractivity contribution in [1.29, 1.82) is 0 Å². The maximum Gasteiger partial charge on any atom is 0.268 e. The summed E-state index contributed by atoms with van der Waals surface area (Å²) in [6, 6.07) is 8.85. The zero-order valence-electron chi connectivity index (χ0n) is 15.6. The van der Waals surface area contributed by atoms with Gasteiger partial charge in [0.1, 0.15) is 16.5 Å². The molecule has 0 radical (unpaired) electrons. The average molecular weight is 436 g/mol. The Kier molecular flexibility index (Phi) is 6.14. The lowest BCUT2D eigenvalue weighted by molar-refractivity contribution is 0.112. The summed E-state index contributed by atoms with van der Waals surface area (Å²) in [5, 5.41) is 4.23. The maximum absolute atomic E-state index is 14.7. The Bertz CT molecular complexity index is 1100. The highest BCUT2D eigenvalue weighted by Crippen LogP contribution is 2.30. The van der Waals surface area contributed by atoms with E-state index in [0.717, 1.165) is 16.4 Å². The van der Waals surface area contributed by atoms with Crippen LogP contribution in [0.5, 0.6) is 5.75 Å². The molecule has 1 heterocycles. The van der Waals surface area contributed by atoms with Crippen LogP contribution in [0.4, 0.5) is 15.9 Å². The number of hydrogen-bond acceptors (Lipinski definition) is 7. The van der Waals surface area contributed by atoms with E-state index in [4.69, 9.17) is 4.74 Å². The van der Waals surface area contributed by atoms with Crippen molar-refractivity contribution in [3.63, 3.8) is 0 Å². The van der Waals surface area contributed by atoms with Crippen LogP contribution < -0.4 is 14.4 Å². The van der Waals surface area contributed by atoms with Gasteiger partial charge in [-0.25, -0.2) is 22.1 Å². The van der Waals surface area contributed by atoms with Crippen LogP contribution >= 0.6 is 11.3 Å². The minimum absolute atomic E-state index is 0.0372. The highest BCUT2D eigenvalue weighted by atomic mass is 32.2. The molecule has 0 spiro atoms. The third-order valence-corrected chi connectivity index (χ3v) is 6.57. The van der Waals surface area contributed by atoms with E-state index in [1.165, 1.54) is 31.0 Å². The quantitative estimate of drug-likeness (QED) is 0.545. The lowest BCUT2D eigenvalue weighted by Gasteiger charge is -2.23. The fourth-order valence-electron chi connectivity index (χ4n) is 2.71. The number of aromatic nitrogens is 1. The van der Waals surface area contributed by atoms with Gasteiger partial charge in [-0.05, 0) is 29.8 Å². The predicted molar refractivity (Wildman–Crippen MR) is 110 cm³/mol. The zero-order chi connectivity index (χ0) is 21.0. The lowest BCUT2D eigenvalue weighted by atomic mass is 10.2. The van der Waals surface area contributed by atoms with Crippen LogP contribution in [0.25, 0.3) is 0 Å². The normalized spacial score (nSPS) is 11.1. The first-order valence-corrected chi connectivity index (χ1v) is 10.8. The Labute approximate surface area is 171 Å². The van der Waals surface area contributed by atoms with Crippen molar-refractivity contribution < 1.29 is 22.3 Å². The SMILES string of the molecule is CNc1cc(F)c(S(=O)(=O)N(Cc2ccc(OC)cc2)c2cscn2)cc1C=O. The number of carbonyl (C=O) groups excluding carboxylic acids is 1. The van der Waals surface area contributed by atoms with Gasteiger partial charge in [-0.15, -0.1) is 11.3 Å².